The highest BCUT2D eigenvalue weighted by Crippen LogP contribution is 2.30. The Morgan fingerprint density at radius 1 is 1.23 bits per heavy atom. The number of rotatable bonds is 5. The summed E-state index contributed by atoms with van der Waals surface area (Å²) < 4.78 is 39.8. The number of nitrogens with one attached hydrogen (secondary N) is 2. The molecule has 0 unspecified atom stereocenters. The summed E-state index contributed by atoms with van der Waals surface area (Å²) in [6.45, 7) is 2.31. The average Bonchev–Trinajstić information content (AvgIpc) is 2.54. The van der Waals surface area contributed by atoms with Crippen molar-refractivity contribution >= 4 is 18.3 Å². The number of carbonyl (C=O) groups excluding carboxylic acids is 1. The first-order valence-corrected chi connectivity index (χ1v) is 7.45. The lowest BCUT2D eigenvalue weighted by Gasteiger charge is -2.13. The van der Waals surface area contributed by atoms with E-state index in [1.54, 1.807) is 7.05 Å². The molecular formula is C16H18ClF3N4O2. The Bertz CT molecular complexity index is 837. The molecule has 0 aliphatic rings. The summed E-state index contributed by atoms with van der Waals surface area (Å²) in [6, 6.07) is 5.67. The van der Waals surface area contributed by atoms with Crippen LogP contribution in [0.2, 0.25) is 0 Å². The minimum Gasteiger partial charge on any atom is -0.349 e. The molecule has 0 bridgehead atoms. The quantitative estimate of drug-likeness (QED) is 0.765. The number of benzene rings is 1. The van der Waals surface area contributed by atoms with Crippen LogP contribution in [0.1, 0.15) is 21.7 Å². The molecule has 1 aromatic carbocycles. The summed E-state index contributed by atoms with van der Waals surface area (Å²) in [4.78, 5) is 24.1. The number of amides is 1. The maximum atomic E-state index is 12.9. The maximum Gasteiger partial charge on any atom is 0.416 e. The summed E-state index contributed by atoms with van der Waals surface area (Å²) in [5.74, 6) is -0.680. The van der Waals surface area contributed by atoms with Gasteiger partial charge in [-0.1, -0.05) is 6.07 Å². The second kappa shape index (κ2) is 8.81. The number of hydrogen-bond donors (Lipinski definition) is 2. The normalized spacial score (nSPS) is 11.0. The van der Waals surface area contributed by atoms with E-state index in [0.29, 0.717) is 12.2 Å². The van der Waals surface area contributed by atoms with Crippen LogP contribution < -0.4 is 16.1 Å². The van der Waals surface area contributed by atoms with E-state index in [9.17, 15) is 22.8 Å². The lowest BCUT2D eigenvalue weighted by molar-refractivity contribution is -0.137. The molecule has 6 nitrogen and oxygen atoms in total. The number of aromatic nitrogens is 2. The van der Waals surface area contributed by atoms with Crippen molar-refractivity contribution in [2.45, 2.75) is 13.1 Å². The fourth-order valence-corrected chi connectivity index (χ4v) is 2.16. The number of alkyl halides is 3. The lowest BCUT2D eigenvalue weighted by Crippen LogP contribution is -2.35. The van der Waals surface area contributed by atoms with E-state index in [0.717, 1.165) is 16.8 Å². The van der Waals surface area contributed by atoms with Crippen LogP contribution in [0.3, 0.4) is 0 Å². The van der Waals surface area contributed by atoms with E-state index >= 15 is 0 Å². The SMILES string of the molecule is CNCCNC(=O)c1nn(-c2cccc(C(F)(F)F)c2)c(C)cc1=O.Cl. The summed E-state index contributed by atoms with van der Waals surface area (Å²) >= 11 is 0. The molecule has 0 radical (unpaired) electrons. The minimum atomic E-state index is -4.50. The Kier molecular flexibility index (Phi) is 7.34. The van der Waals surface area contributed by atoms with E-state index in [4.69, 9.17) is 0 Å². The van der Waals surface area contributed by atoms with E-state index in [2.05, 4.69) is 15.7 Å². The molecule has 0 saturated heterocycles. The smallest absolute Gasteiger partial charge is 0.349 e. The standard InChI is InChI=1S/C16H17F3N4O2.ClH/c1-10-8-13(24)14(15(25)21-7-6-20-2)22-23(10)12-5-3-4-11(9-12)16(17,18)19;/h3-5,8-9,20H,6-7H2,1-2H3,(H,21,25);1H. The van der Waals surface area contributed by atoms with Crippen molar-refractivity contribution in [1.29, 1.82) is 0 Å². The van der Waals surface area contributed by atoms with Gasteiger partial charge in [0.15, 0.2) is 5.69 Å². The first-order valence-electron chi connectivity index (χ1n) is 7.45. The lowest BCUT2D eigenvalue weighted by atomic mass is 10.2. The van der Waals surface area contributed by atoms with Crippen LogP contribution in [-0.4, -0.2) is 35.8 Å². The van der Waals surface area contributed by atoms with Gasteiger partial charge in [-0.15, -0.1) is 12.4 Å². The Hall–Kier alpha value is -2.39. The van der Waals surface area contributed by atoms with Crippen LogP contribution in [0.5, 0.6) is 0 Å². The molecule has 26 heavy (non-hydrogen) atoms. The van der Waals surface area contributed by atoms with Gasteiger partial charge in [-0.2, -0.15) is 18.3 Å². The Labute approximate surface area is 153 Å². The van der Waals surface area contributed by atoms with Crippen molar-refractivity contribution in [1.82, 2.24) is 20.4 Å². The number of aryl methyl sites for hydroxylation is 1. The topological polar surface area (TPSA) is 76.0 Å². The summed E-state index contributed by atoms with van der Waals surface area (Å²) in [7, 11) is 1.71. The molecule has 1 aromatic heterocycles. The molecule has 1 amide bonds. The number of carbonyl (C=O) groups is 1. The molecule has 2 N–H and O–H groups in total. The van der Waals surface area contributed by atoms with Crippen molar-refractivity contribution < 1.29 is 18.0 Å². The largest absolute Gasteiger partial charge is 0.416 e. The van der Waals surface area contributed by atoms with Crippen molar-refractivity contribution in [3.05, 3.63) is 57.5 Å². The van der Waals surface area contributed by atoms with Crippen LogP contribution in [0.15, 0.2) is 35.1 Å². The molecule has 0 saturated carbocycles. The molecule has 0 aliphatic heterocycles. The molecule has 0 fully saturated rings. The summed E-state index contributed by atoms with van der Waals surface area (Å²) in [5.41, 5.74) is -1.39. The van der Waals surface area contributed by atoms with Crippen molar-refractivity contribution in [3.63, 3.8) is 0 Å². The Morgan fingerprint density at radius 3 is 2.54 bits per heavy atom. The van der Waals surface area contributed by atoms with E-state index in [-0.39, 0.29) is 30.3 Å². The highest BCUT2D eigenvalue weighted by molar-refractivity contribution is 5.92. The fraction of sp³-hybridized carbons (Fsp3) is 0.312. The number of likely N-dealkylation sites (N-methyl/N-ethyl adjacent to an activating group) is 1. The van der Waals surface area contributed by atoms with Gasteiger partial charge in [-0.25, -0.2) is 4.68 Å². The van der Waals surface area contributed by atoms with Gasteiger partial charge in [0.2, 0.25) is 5.43 Å². The molecule has 10 heteroatoms. The molecule has 2 aromatic rings. The van der Waals surface area contributed by atoms with Crippen LogP contribution in [-0.2, 0) is 6.18 Å². The zero-order valence-electron chi connectivity index (χ0n) is 14.1. The third-order valence-corrected chi connectivity index (χ3v) is 3.40. The van der Waals surface area contributed by atoms with Crippen molar-refractivity contribution in [3.8, 4) is 5.69 Å². The second-order valence-corrected chi connectivity index (χ2v) is 5.32. The average molecular weight is 391 g/mol. The van der Waals surface area contributed by atoms with Crippen LogP contribution >= 0.6 is 12.4 Å². The molecule has 142 valence electrons. The highest BCUT2D eigenvalue weighted by Gasteiger charge is 2.30. The van der Waals surface area contributed by atoms with Crippen LogP contribution in [0.25, 0.3) is 5.69 Å². The maximum absolute atomic E-state index is 12.9. The van der Waals surface area contributed by atoms with Crippen molar-refractivity contribution in [2.24, 2.45) is 0 Å². The van der Waals surface area contributed by atoms with E-state index < -0.39 is 23.1 Å². The van der Waals surface area contributed by atoms with Gasteiger partial charge in [0, 0.05) is 24.8 Å². The van der Waals surface area contributed by atoms with Crippen LogP contribution in [0, 0.1) is 6.92 Å². The monoisotopic (exact) mass is 390 g/mol. The Balaban J connectivity index is 0.00000338. The second-order valence-electron chi connectivity index (χ2n) is 5.32. The highest BCUT2D eigenvalue weighted by atomic mass is 35.5. The van der Waals surface area contributed by atoms with Gasteiger partial charge in [-0.05, 0) is 32.2 Å². The fourth-order valence-electron chi connectivity index (χ4n) is 2.16. The van der Waals surface area contributed by atoms with Crippen molar-refractivity contribution in [2.75, 3.05) is 20.1 Å². The number of hydrogen-bond acceptors (Lipinski definition) is 4. The predicted molar refractivity (Wildman–Crippen MR) is 93.1 cm³/mol. The molecule has 0 atom stereocenters. The third kappa shape index (κ3) is 5.06. The molecule has 2 rings (SSSR count). The van der Waals surface area contributed by atoms with Gasteiger partial charge in [0.25, 0.3) is 5.91 Å². The number of nitrogens with zero attached hydrogens (tertiary/aromatic N) is 2. The van der Waals surface area contributed by atoms with Gasteiger partial charge < -0.3 is 10.6 Å². The van der Waals surface area contributed by atoms with Gasteiger partial charge in [-0.3, -0.25) is 9.59 Å². The molecular weight excluding hydrogens is 373 g/mol. The van der Waals surface area contributed by atoms with Gasteiger partial charge in [0.1, 0.15) is 0 Å². The molecule has 0 aliphatic carbocycles. The van der Waals surface area contributed by atoms with Gasteiger partial charge >= 0.3 is 6.18 Å². The Morgan fingerprint density at radius 2 is 1.92 bits per heavy atom. The first-order chi connectivity index (χ1) is 11.7. The van der Waals surface area contributed by atoms with E-state index in [1.807, 2.05) is 0 Å². The molecule has 1 heterocycles. The summed E-state index contributed by atoms with van der Waals surface area (Å²) in [6.07, 6.45) is -4.50. The van der Waals surface area contributed by atoms with E-state index in [1.165, 1.54) is 25.1 Å². The molecule has 0 spiro atoms. The third-order valence-electron chi connectivity index (χ3n) is 3.40. The summed E-state index contributed by atoms with van der Waals surface area (Å²) in [5, 5.41) is 9.30. The minimum absolute atomic E-state index is 0. The van der Waals surface area contributed by atoms with Crippen LogP contribution in [0.4, 0.5) is 13.2 Å². The predicted octanol–water partition coefficient (Wildman–Crippen LogP) is 1.93. The number of halogens is 4. The first kappa shape index (κ1) is 21.7. The zero-order valence-corrected chi connectivity index (χ0v) is 14.9. The zero-order chi connectivity index (χ0) is 18.6. The van der Waals surface area contributed by atoms with Gasteiger partial charge in [0.05, 0.1) is 11.3 Å².